The molecule has 0 N–H and O–H groups in total. The number of hydrogen-bond acceptors (Lipinski definition) is 3. The first kappa shape index (κ1) is 18.3. The summed E-state index contributed by atoms with van der Waals surface area (Å²) in [6.45, 7) is 6.12. The Morgan fingerprint density at radius 1 is 1.38 bits per heavy atom. The van der Waals surface area contributed by atoms with Gasteiger partial charge in [0, 0.05) is 12.8 Å². The monoisotopic (exact) mass is 210 g/mol. The largest absolute Gasteiger partial charge is 0.466 e. The zero-order chi connectivity index (χ0) is 11.1. The maximum atomic E-state index is 10.4. The van der Waals surface area contributed by atoms with Crippen molar-refractivity contribution in [2.24, 2.45) is 0 Å². The van der Waals surface area contributed by atoms with Crippen LogP contribution >= 0.6 is 11.6 Å². The van der Waals surface area contributed by atoms with Crippen LogP contribution in [0.25, 0.3) is 0 Å². The van der Waals surface area contributed by atoms with Crippen LogP contribution in [0.15, 0.2) is 0 Å². The van der Waals surface area contributed by atoms with Crippen LogP contribution in [-0.2, 0) is 14.3 Å². The van der Waals surface area contributed by atoms with E-state index in [2.05, 4.69) is 16.3 Å². The lowest BCUT2D eigenvalue weighted by Crippen LogP contribution is -2.03. The van der Waals surface area contributed by atoms with E-state index >= 15 is 0 Å². The van der Waals surface area contributed by atoms with Crippen LogP contribution in [0.1, 0.15) is 33.6 Å². The van der Waals surface area contributed by atoms with Crippen molar-refractivity contribution in [3.8, 4) is 0 Å². The Morgan fingerprint density at radius 2 is 1.85 bits per heavy atom. The molecule has 0 rings (SSSR count). The molecule has 0 bridgehead atoms. The number of carbonyl (C=O) groups is 2. The summed E-state index contributed by atoms with van der Waals surface area (Å²) in [5.74, 6) is -0.301. The van der Waals surface area contributed by atoms with Gasteiger partial charge in [0.15, 0.2) is 0 Å². The first-order valence-electron chi connectivity index (χ1n) is 4.28. The van der Waals surface area contributed by atoms with Crippen molar-refractivity contribution in [3.05, 3.63) is 0 Å². The van der Waals surface area contributed by atoms with E-state index in [1.165, 1.54) is 6.38 Å². The molecular weight excluding hydrogens is 192 g/mol. The molecule has 0 heterocycles. The fourth-order valence-electron chi connectivity index (χ4n) is 0.410. The summed E-state index contributed by atoms with van der Waals surface area (Å²) in [7, 11) is 0. The molecule has 0 aliphatic rings. The third-order valence-electron chi connectivity index (χ3n) is 0.772. The number of halogens is 1. The standard InChI is InChI=1S/C6H10O3.C2H6.CH3Cl/c1-2-9-6(8)4-3-5-7;2*1-2/h5H,2-4H2,1H3;1-2H3;1H3. The Kier molecular flexibility index (Phi) is 31.6. The predicted molar refractivity (Wildman–Crippen MR) is 55.1 cm³/mol. The van der Waals surface area contributed by atoms with Crippen LogP contribution in [0, 0.1) is 0 Å². The van der Waals surface area contributed by atoms with Crippen molar-refractivity contribution < 1.29 is 14.3 Å². The van der Waals surface area contributed by atoms with Crippen molar-refractivity contribution in [2.75, 3.05) is 13.0 Å². The van der Waals surface area contributed by atoms with Gasteiger partial charge in [-0.3, -0.25) is 4.79 Å². The summed E-state index contributed by atoms with van der Waals surface area (Å²) in [6, 6.07) is 0. The molecule has 80 valence electrons. The Labute approximate surface area is 85.4 Å². The number of esters is 1. The average molecular weight is 211 g/mol. The van der Waals surface area contributed by atoms with Gasteiger partial charge < -0.3 is 9.53 Å². The number of alkyl halides is 1. The van der Waals surface area contributed by atoms with Gasteiger partial charge >= 0.3 is 5.97 Å². The highest BCUT2D eigenvalue weighted by atomic mass is 35.5. The third kappa shape index (κ3) is 24.6. The summed E-state index contributed by atoms with van der Waals surface area (Å²) in [5.41, 5.74) is 0. The molecule has 0 spiro atoms. The average Bonchev–Trinajstić information content (AvgIpc) is 2.21. The minimum Gasteiger partial charge on any atom is -0.466 e. The lowest BCUT2D eigenvalue weighted by atomic mass is 10.3. The number of hydrogen-bond donors (Lipinski definition) is 0. The highest BCUT2D eigenvalue weighted by Gasteiger charge is 1.97. The molecule has 0 aromatic rings. The van der Waals surface area contributed by atoms with Gasteiger partial charge in [-0.25, -0.2) is 0 Å². The minimum absolute atomic E-state index is 0.206. The lowest BCUT2D eigenvalue weighted by molar-refractivity contribution is -0.143. The predicted octanol–water partition coefficient (Wildman–Crippen LogP) is 2.41. The second-order valence-corrected chi connectivity index (χ2v) is 1.51. The van der Waals surface area contributed by atoms with Gasteiger partial charge in [0.2, 0.25) is 0 Å². The van der Waals surface area contributed by atoms with Gasteiger partial charge in [-0.05, 0) is 6.92 Å². The van der Waals surface area contributed by atoms with Crippen LogP contribution < -0.4 is 0 Å². The first-order chi connectivity index (χ1) is 6.31. The summed E-state index contributed by atoms with van der Waals surface area (Å²) >= 11 is 4.64. The van der Waals surface area contributed by atoms with Crippen molar-refractivity contribution in [3.63, 3.8) is 0 Å². The van der Waals surface area contributed by atoms with E-state index in [0.717, 1.165) is 0 Å². The van der Waals surface area contributed by atoms with Gasteiger partial charge in [-0.15, -0.1) is 11.6 Å². The van der Waals surface area contributed by atoms with Crippen molar-refractivity contribution in [2.45, 2.75) is 33.6 Å². The van der Waals surface area contributed by atoms with Gasteiger partial charge in [-0.1, -0.05) is 13.8 Å². The fraction of sp³-hybridized carbons (Fsp3) is 0.778. The SMILES string of the molecule is CC.CCOC(=O)CCC=O.CCl. The van der Waals surface area contributed by atoms with E-state index in [9.17, 15) is 9.59 Å². The zero-order valence-corrected chi connectivity index (χ0v) is 9.56. The van der Waals surface area contributed by atoms with Gasteiger partial charge in [0.05, 0.1) is 13.0 Å². The molecule has 4 heteroatoms. The molecule has 3 nitrogen and oxygen atoms in total. The van der Waals surface area contributed by atoms with Crippen LogP contribution in [-0.4, -0.2) is 25.2 Å². The Hall–Kier alpha value is -0.570. The summed E-state index contributed by atoms with van der Waals surface area (Å²) in [5, 5.41) is 0. The lowest BCUT2D eigenvalue weighted by Gasteiger charge is -1.96. The topological polar surface area (TPSA) is 43.4 Å². The highest BCUT2D eigenvalue weighted by molar-refractivity contribution is 6.15. The second-order valence-electron chi connectivity index (χ2n) is 1.51. The quantitative estimate of drug-likeness (QED) is 0.407. The Balaban J connectivity index is -0.000000218. The molecule has 0 fully saturated rings. The van der Waals surface area contributed by atoms with Crippen LogP contribution in [0.5, 0.6) is 0 Å². The number of ether oxygens (including phenoxy) is 1. The maximum absolute atomic E-state index is 10.4. The Morgan fingerprint density at radius 3 is 2.15 bits per heavy atom. The Bertz CT molecular complexity index is 105. The third-order valence-corrected chi connectivity index (χ3v) is 0.772. The van der Waals surface area contributed by atoms with E-state index in [4.69, 9.17) is 0 Å². The molecule has 13 heavy (non-hydrogen) atoms. The fourth-order valence-corrected chi connectivity index (χ4v) is 0.410. The maximum Gasteiger partial charge on any atom is 0.306 e. The second kappa shape index (κ2) is 22.5. The number of aldehydes is 1. The molecule has 0 saturated heterocycles. The first-order valence-corrected chi connectivity index (χ1v) is 5.04. The van der Waals surface area contributed by atoms with Crippen LogP contribution in [0.3, 0.4) is 0 Å². The number of rotatable bonds is 4. The molecule has 0 radical (unpaired) electrons. The van der Waals surface area contributed by atoms with E-state index in [-0.39, 0.29) is 18.8 Å². The normalized spacial score (nSPS) is 6.85. The van der Waals surface area contributed by atoms with E-state index in [0.29, 0.717) is 12.9 Å². The molecule has 0 aliphatic carbocycles. The highest BCUT2D eigenvalue weighted by Crippen LogP contribution is 1.88. The van der Waals surface area contributed by atoms with Crippen molar-refractivity contribution >= 4 is 23.9 Å². The summed E-state index contributed by atoms with van der Waals surface area (Å²) in [4.78, 5) is 20.1. The molecule has 0 unspecified atom stereocenters. The van der Waals surface area contributed by atoms with Crippen molar-refractivity contribution in [1.29, 1.82) is 0 Å². The van der Waals surface area contributed by atoms with Gasteiger partial charge in [0.1, 0.15) is 6.29 Å². The molecule has 0 amide bonds. The zero-order valence-electron chi connectivity index (χ0n) is 8.80. The number of carbonyl (C=O) groups excluding carboxylic acids is 2. The smallest absolute Gasteiger partial charge is 0.306 e. The van der Waals surface area contributed by atoms with Crippen LogP contribution in [0.4, 0.5) is 0 Å². The van der Waals surface area contributed by atoms with Crippen LogP contribution in [0.2, 0.25) is 0 Å². The van der Waals surface area contributed by atoms with E-state index < -0.39 is 0 Å². The van der Waals surface area contributed by atoms with Gasteiger partial charge in [0.25, 0.3) is 0 Å². The molecule has 0 saturated carbocycles. The molecule has 0 aliphatic heterocycles. The molecule has 0 aromatic heterocycles. The van der Waals surface area contributed by atoms with Crippen molar-refractivity contribution in [1.82, 2.24) is 0 Å². The molecule has 0 atom stereocenters. The molecular formula is C9H19ClO3. The minimum atomic E-state index is -0.301. The van der Waals surface area contributed by atoms with E-state index in [1.54, 1.807) is 6.92 Å². The molecule has 0 aromatic carbocycles. The van der Waals surface area contributed by atoms with E-state index in [1.807, 2.05) is 13.8 Å². The summed E-state index contributed by atoms with van der Waals surface area (Å²) < 4.78 is 4.55. The van der Waals surface area contributed by atoms with Gasteiger partial charge in [-0.2, -0.15) is 0 Å². The summed E-state index contributed by atoms with van der Waals surface area (Å²) in [6.07, 6.45) is 2.65.